The van der Waals surface area contributed by atoms with Gasteiger partial charge in [-0.25, -0.2) is 4.98 Å². The van der Waals surface area contributed by atoms with Crippen molar-refractivity contribution >= 4 is 11.6 Å². The van der Waals surface area contributed by atoms with Gasteiger partial charge >= 0.3 is 0 Å². The summed E-state index contributed by atoms with van der Waals surface area (Å²) in [5.41, 5.74) is 1.21. The number of hydrogen-bond acceptors (Lipinski definition) is 5. The van der Waals surface area contributed by atoms with E-state index in [1.807, 2.05) is 13.8 Å². The van der Waals surface area contributed by atoms with E-state index in [2.05, 4.69) is 20.6 Å². The van der Waals surface area contributed by atoms with Gasteiger partial charge in [0.1, 0.15) is 11.8 Å². The van der Waals surface area contributed by atoms with E-state index in [0.717, 1.165) is 5.69 Å². The Labute approximate surface area is 111 Å². The van der Waals surface area contributed by atoms with Crippen LogP contribution in [0.4, 0.5) is 5.69 Å². The quantitative estimate of drug-likeness (QED) is 0.877. The number of nitrogens with one attached hydrogen (secondary N) is 2. The maximum absolute atomic E-state index is 12.2. The molecule has 0 radical (unpaired) electrons. The first-order valence-corrected chi connectivity index (χ1v) is 5.96. The number of rotatable bonds is 4. The van der Waals surface area contributed by atoms with Gasteiger partial charge in [0.15, 0.2) is 0 Å². The molecule has 0 saturated carbocycles. The fourth-order valence-electron chi connectivity index (χ4n) is 1.70. The monoisotopic (exact) mass is 260 g/mol. The number of carbonyl (C=O) groups is 1. The van der Waals surface area contributed by atoms with Gasteiger partial charge in [0.25, 0.3) is 5.91 Å². The molecule has 1 amide bonds. The third kappa shape index (κ3) is 2.90. The number of nitrogens with zero attached hydrogens (tertiary/aromatic N) is 2. The van der Waals surface area contributed by atoms with Crippen LogP contribution in [0.15, 0.2) is 29.1 Å². The Morgan fingerprint density at radius 2 is 2.21 bits per heavy atom. The Morgan fingerprint density at radius 1 is 1.42 bits per heavy atom. The van der Waals surface area contributed by atoms with Crippen LogP contribution in [-0.2, 0) is 0 Å². The van der Waals surface area contributed by atoms with Gasteiger partial charge in [0.2, 0.25) is 5.89 Å². The van der Waals surface area contributed by atoms with E-state index in [1.165, 1.54) is 6.20 Å². The standard InChI is InChI=1S/C13H16N4O2/c1-8-6-16-13(19-8)9(2)17-12(18)10-7-15-5-4-11(10)14-3/h4-7,9H,1-3H3,(H,14,15)(H,17,18). The molecule has 1 atom stereocenters. The highest BCUT2D eigenvalue weighted by molar-refractivity contribution is 5.99. The predicted molar refractivity (Wildman–Crippen MR) is 70.9 cm³/mol. The molecule has 100 valence electrons. The first-order chi connectivity index (χ1) is 9.11. The van der Waals surface area contributed by atoms with Crippen LogP contribution in [0.3, 0.4) is 0 Å². The smallest absolute Gasteiger partial charge is 0.255 e. The van der Waals surface area contributed by atoms with Crippen LogP contribution in [0.5, 0.6) is 0 Å². The second-order valence-corrected chi connectivity index (χ2v) is 4.18. The van der Waals surface area contributed by atoms with E-state index in [4.69, 9.17) is 4.42 Å². The van der Waals surface area contributed by atoms with Crippen molar-refractivity contribution in [3.8, 4) is 0 Å². The summed E-state index contributed by atoms with van der Waals surface area (Å²) < 4.78 is 5.38. The minimum atomic E-state index is -0.300. The van der Waals surface area contributed by atoms with Gasteiger partial charge in [-0.1, -0.05) is 0 Å². The molecule has 0 aliphatic rings. The van der Waals surface area contributed by atoms with Crippen LogP contribution >= 0.6 is 0 Å². The number of hydrogen-bond donors (Lipinski definition) is 2. The van der Waals surface area contributed by atoms with Crippen molar-refractivity contribution in [2.45, 2.75) is 19.9 Å². The molecule has 6 nitrogen and oxygen atoms in total. The normalized spacial score (nSPS) is 11.9. The summed E-state index contributed by atoms with van der Waals surface area (Å²) in [6, 6.07) is 1.45. The summed E-state index contributed by atoms with van der Waals surface area (Å²) in [7, 11) is 1.76. The molecule has 2 aromatic rings. The number of aryl methyl sites for hydroxylation is 1. The fourth-order valence-corrected chi connectivity index (χ4v) is 1.70. The summed E-state index contributed by atoms with van der Waals surface area (Å²) in [6.07, 6.45) is 4.78. The molecule has 0 aliphatic carbocycles. The zero-order valence-electron chi connectivity index (χ0n) is 11.1. The van der Waals surface area contributed by atoms with Gasteiger partial charge in [-0.15, -0.1) is 0 Å². The minimum Gasteiger partial charge on any atom is -0.444 e. The van der Waals surface area contributed by atoms with Crippen LogP contribution < -0.4 is 10.6 Å². The van der Waals surface area contributed by atoms with E-state index >= 15 is 0 Å². The molecule has 0 aromatic carbocycles. The maximum Gasteiger partial charge on any atom is 0.255 e. The van der Waals surface area contributed by atoms with Gasteiger partial charge in [0, 0.05) is 25.1 Å². The second-order valence-electron chi connectivity index (χ2n) is 4.18. The molecule has 0 saturated heterocycles. The highest BCUT2D eigenvalue weighted by Gasteiger charge is 2.17. The summed E-state index contributed by atoms with van der Waals surface area (Å²) in [6.45, 7) is 3.63. The Kier molecular flexibility index (Phi) is 3.79. The van der Waals surface area contributed by atoms with Crippen molar-refractivity contribution in [2.75, 3.05) is 12.4 Å². The molecule has 19 heavy (non-hydrogen) atoms. The second kappa shape index (κ2) is 5.51. The number of oxazole rings is 1. The molecule has 0 aliphatic heterocycles. The minimum absolute atomic E-state index is 0.221. The average Bonchev–Trinajstić information content (AvgIpc) is 2.85. The molecular weight excluding hydrogens is 244 g/mol. The summed E-state index contributed by atoms with van der Waals surface area (Å²) in [5.74, 6) is 0.981. The molecular formula is C13H16N4O2. The van der Waals surface area contributed by atoms with Crippen molar-refractivity contribution in [1.82, 2.24) is 15.3 Å². The third-order valence-electron chi connectivity index (χ3n) is 2.69. The predicted octanol–water partition coefficient (Wildman–Crippen LogP) is 1.91. The molecule has 2 aromatic heterocycles. The van der Waals surface area contributed by atoms with Crippen LogP contribution in [0, 0.1) is 6.92 Å². The summed E-state index contributed by atoms with van der Waals surface area (Å²) >= 11 is 0. The van der Waals surface area contributed by atoms with Gasteiger partial charge in [-0.2, -0.15) is 0 Å². The van der Waals surface area contributed by atoms with Gasteiger partial charge in [-0.3, -0.25) is 9.78 Å². The van der Waals surface area contributed by atoms with Crippen LogP contribution in [0.25, 0.3) is 0 Å². The fraction of sp³-hybridized carbons (Fsp3) is 0.308. The first kappa shape index (κ1) is 13.1. The maximum atomic E-state index is 12.2. The molecule has 2 heterocycles. The van der Waals surface area contributed by atoms with Gasteiger partial charge in [0.05, 0.1) is 11.8 Å². The van der Waals surface area contributed by atoms with E-state index in [-0.39, 0.29) is 11.9 Å². The number of pyridine rings is 1. The third-order valence-corrected chi connectivity index (χ3v) is 2.69. The lowest BCUT2D eigenvalue weighted by molar-refractivity contribution is 0.0934. The van der Waals surface area contributed by atoms with Crippen molar-refractivity contribution in [1.29, 1.82) is 0 Å². The topological polar surface area (TPSA) is 80.0 Å². The lowest BCUT2D eigenvalue weighted by Crippen LogP contribution is -2.27. The van der Waals surface area contributed by atoms with E-state index in [1.54, 1.807) is 25.5 Å². The SMILES string of the molecule is CNc1ccncc1C(=O)NC(C)c1ncc(C)o1. The highest BCUT2D eigenvalue weighted by atomic mass is 16.4. The number of amides is 1. The molecule has 0 spiro atoms. The summed E-state index contributed by atoms with van der Waals surface area (Å²) in [4.78, 5) is 20.2. The van der Waals surface area contributed by atoms with Crippen LogP contribution in [0.2, 0.25) is 0 Å². The molecule has 6 heteroatoms. The zero-order chi connectivity index (χ0) is 13.8. The molecule has 0 fully saturated rings. The van der Waals surface area contributed by atoms with E-state index < -0.39 is 0 Å². The van der Waals surface area contributed by atoms with Crippen LogP contribution in [0.1, 0.15) is 35.0 Å². The van der Waals surface area contributed by atoms with Crippen LogP contribution in [-0.4, -0.2) is 22.9 Å². The Morgan fingerprint density at radius 3 is 2.84 bits per heavy atom. The van der Waals surface area contributed by atoms with Gasteiger partial charge < -0.3 is 15.1 Å². The van der Waals surface area contributed by atoms with Crippen molar-refractivity contribution in [3.05, 3.63) is 41.9 Å². The van der Waals surface area contributed by atoms with E-state index in [9.17, 15) is 4.79 Å². The number of aromatic nitrogens is 2. The summed E-state index contributed by atoms with van der Waals surface area (Å²) in [5, 5.41) is 5.78. The molecule has 2 N–H and O–H groups in total. The van der Waals surface area contributed by atoms with Crippen molar-refractivity contribution in [3.63, 3.8) is 0 Å². The molecule has 0 bridgehead atoms. The Balaban J connectivity index is 2.12. The average molecular weight is 260 g/mol. The number of anilines is 1. The van der Waals surface area contributed by atoms with Crippen molar-refractivity contribution in [2.24, 2.45) is 0 Å². The lowest BCUT2D eigenvalue weighted by atomic mass is 10.2. The Hall–Kier alpha value is -2.37. The first-order valence-electron chi connectivity index (χ1n) is 5.96. The largest absolute Gasteiger partial charge is 0.444 e. The highest BCUT2D eigenvalue weighted by Crippen LogP contribution is 2.16. The van der Waals surface area contributed by atoms with Gasteiger partial charge in [-0.05, 0) is 19.9 Å². The van der Waals surface area contributed by atoms with E-state index in [0.29, 0.717) is 17.2 Å². The van der Waals surface area contributed by atoms with Crippen molar-refractivity contribution < 1.29 is 9.21 Å². The molecule has 1 unspecified atom stereocenters. The Bertz CT molecular complexity index is 580. The number of carbonyl (C=O) groups excluding carboxylic acids is 1. The lowest BCUT2D eigenvalue weighted by Gasteiger charge is -2.12. The zero-order valence-corrected chi connectivity index (χ0v) is 11.1. The molecule has 2 rings (SSSR count).